The zero-order valence-electron chi connectivity index (χ0n) is 18.8. The van der Waals surface area contributed by atoms with Crippen molar-refractivity contribution in [1.29, 1.82) is 0 Å². The van der Waals surface area contributed by atoms with Crippen molar-refractivity contribution in [2.24, 2.45) is 7.05 Å². The Morgan fingerprint density at radius 1 is 1.20 bits per heavy atom. The molecular weight excluding hydrogens is 508 g/mol. The molecule has 0 bridgehead atoms. The minimum atomic E-state index is -3.71. The van der Waals surface area contributed by atoms with E-state index >= 15 is 0 Å². The maximum Gasteiger partial charge on any atom is 0.262 e. The summed E-state index contributed by atoms with van der Waals surface area (Å²) in [6.07, 6.45) is 5.00. The van der Waals surface area contributed by atoms with Gasteiger partial charge in [-0.1, -0.05) is 35.9 Å². The van der Waals surface area contributed by atoms with Gasteiger partial charge in [0.1, 0.15) is 11.9 Å². The predicted octanol–water partition coefficient (Wildman–Crippen LogP) is 4.02. The Labute approximate surface area is 212 Å². The fraction of sp³-hybridized carbons (Fsp3) is 0.261. The van der Waals surface area contributed by atoms with E-state index in [2.05, 4.69) is 20.3 Å². The highest BCUT2D eigenvalue weighted by molar-refractivity contribution is 7.89. The molecule has 9 nitrogen and oxygen atoms in total. The lowest BCUT2D eigenvalue weighted by atomic mass is 10.1. The highest BCUT2D eigenvalue weighted by atomic mass is 35.5. The van der Waals surface area contributed by atoms with Gasteiger partial charge in [-0.05, 0) is 23.8 Å². The minimum Gasteiger partial charge on any atom is -0.369 e. The number of thiazole rings is 1. The van der Waals surface area contributed by atoms with Gasteiger partial charge in [-0.3, -0.25) is 0 Å². The molecule has 0 spiro atoms. The van der Waals surface area contributed by atoms with Crippen LogP contribution in [0.1, 0.15) is 22.2 Å². The topological polar surface area (TPSA) is 102 Å². The molecule has 0 saturated carbocycles. The summed E-state index contributed by atoms with van der Waals surface area (Å²) in [7, 11) is -1.97. The summed E-state index contributed by atoms with van der Waals surface area (Å²) < 4.78 is 34.8. The minimum absolute atomic E-state index is 0.0281. The number of nitrogens with one attached hydrogen (secondary N) is 1. The molecule has 35 heavy (non-hydrogen) atoms. The summed E-state index contributed by atoms with van der Waals surface area (Å²) >= 11 is 7.80. The third-order valence-electron chi connectivity index (χ3n) is 5.53. The molecule has 3 aromatic heterocycles. The number of halogens is 1. The van der Waals surface area contributed by atoms with Crippen LogP contribution in [0.15, 0.2) is 66.2 Å². The zero-order chi connectivity index (χ0) is 24.4. The molecule has 1 aliphatic heterocycles. The molecule has 182 valence electrons. The van der Waals surface area contributed by atoms with Gasteiger partial charge in [-0.25, -0.2) is 23.4 Å². The number of anilines is 2. The van der Waals surface area contributed by atoms with E-state index in [4.69, 9.17) is 16.3 Å². The van der Waals surface area contributed by atoms with Crippen molar-refractivity contribution in [2.45, 2.75) is 17.6 Å². The normalized spacial score (nSPS) is 16.9. The lowest BCUT2D eigenvalue weighted by Gasteiger charge is -2.31. The van der Waals surface area contributed by atoms with Crippen LogP contribution in [0.5, 0.6) is 0 Å². The smallest absolute Gasteiger partial charge is 0.262 e. The van der Waals surface area contributed by atoms with Gasteiger partial charge in [0.05, 0.1) is 18.6 Å². The van der Waals surface area contributed by atoms with Crippen molar-refractivity contribution in [3.63, 3.8) is 0 Å². The first-order valence-electron chi connectivity index (χ1n) is 10.9. The molecule has 4 aromatic rings. The first-order valence-corrected chi connectivity index (χ1v) is 13.5. The summed E-state index contributed by atoms with van der Waals surface area (Å²) in [5.74, 6) is 0.606. The van der Waals surface area contributed by atoms with Gasteiger partial charge in [0.25, 0.3) is 10.0 Å². The average molecular weight is 531 g/mol. The Balaban J connectivity index is 1.28. The molecule has 5 rings (SSSR count). The van der Waals surface area contributed by atoms with Crippen LogP contribution in [0.4, 0.5) is 10.9 Å². The molecule has 12 heteroatoms. The number of imidazole rings is 1. The molecule has 1 aliphatic rings. The summed E-state index contributed by atoms with van der Waals surface area (Å²) in [6.45, 7) is 0.698. The number of rotatable bonds is 7. The van der Waals surface area contributed by atoms with Gasteiger partial charge < -0.3 is 14.6 Å². The molecule has 0 aliphatic carbocycles. The number of benzene rings is 1. The van der Waals surface area contributed by atoms with Gasteiger partial charge in [-0.15, -0.1) is 11.3 Å². The number of sulfonamides is 1. The maximum absolute atomic E-state index is 13.0. The Bertz CT molecular complexity index is 1440. The van der Waals surface area contributed by atoms with Crippen LogP contribution in [0.2, 0.25) is 5.02 Å². The van der Waals surface area contributed by atoms with Gasteiger partial charge in [0, 0.05) is 48.9 Å². The fourth-order valence-corrected chi connectivity index (χ4v) is 6.20. The quantitative estimate of drug-likeness (QED) is 0.385. The van der Waals surface area contributed by atoms with Crippen LogP contribution in [0.25, 0.3) is 0 Å². The van der Waals surface area contributed by atoms with Gasteiger partial charge in [0.15, 0.2) is 10.2 Å². The lowest BCUT2D eigenvalue weighted by Crippen LogP contribution is -2.42. The van der Waals surface area contributed by atoms with E-state index in [0.717, 1.165) is 15.5 Å². The van der Waals surface area contributed by atoms with Gasteiger partial charge >= 0.3 is 0 Å². The third kappa shape index (κ3) is 5.39. The Morgan fingerprint density at radius 2 is 2.06 bits per heavy atom. The molecule has 1 atom stereocenters. The second kappa shape index (κ2) is 10.0. The van der Waals surface area contributed by atoms with Crippen molar-refractivity contribution in [3.8, 4) is 0 Å². The van der Waals surface area contributed by atoms with Crippen molar-refractivity contribution >= 4 is 43.9 Å². The first kappa shape index (κ1) is 23.9. The van der Waals surface area contributed by atoms with E-state index in [-0.39, 0.29) is 24.7 Å². The average Bonchev–Trinajstić information content (AvgIpc) is 3.50. The number of nitrogens with zero attached hydrogens (tertiary/aromatic N) is 5. The summed E-state index contributed by atoms with van der Waals surface area (Å²) in [5.41, 5.74) is 1.69. The molecule has 0 radical (unpaired) electrons. The van der Waals surface area contributed by atoms with Crippen LogP contribution >= 0.6 is 22.9 Å². The van der Waals surface area contributed by atoms with Crippen molar-refractivity contribution in [3.05, 3.63) is 82.3 Å². The van der Waals surface area contributed by atoms with Crippen LogP contribution < -0.4 is 5.32 Å². The zero-order valence-corrected chi connectivity index (χ0v) is 21.2. The highest BCUT2D eigenvalue weighted by Gasteiger charge is 2.33. The molecule has 1 fully saturated rings. The number of hydrogen-bond acceptors (Lipinski definition) is 8. The standard InChI is InChI=1S/C23H23ClN6O3S2/c1-29-14-22(26-15-29)35(31,32)30-9-10-33-20(13-30)19-7-4-8-21(27-19)28-23-25-12-17(34-23)11-16-5-2-3-6-18(16)24/h2-8,12,14-15,20H,9-11,13H2,1H3,(H,25,27,28). The molecular formula is C23H23ClN6O3S2. The van der Waals surface area contributed by atoms with E-state index in [1.807, 2.05) is 48.7 Å². The number of aromatic nitrogens is 4. The van der Waals surface area contributed by atoms with E-state index in [1.165, 1.54) is 28.2 Å². The molecule has 1 saturated heterocycles. The number of morpholine rings is 1. The van der Waals surface area contributed by atoms with E-state index in [0.29, 0.717) is 23.1 Å². The third-order valence-corrected chi connectivity index (χ3v) is 8.56. The van der Waals surface area contributed by atoms with E-state index in [9.17, 15) is 8.42 Å². The van der Waals surface area contributed by atoms with Crippen molar-refractivity contribution in [2.75, 3.05) is 25.0 Å². The van der Waals surface area contributed by atoms with Crippen LogP contribution in [0, 0.1) is 0 Å². The second-order valence-corrected chi connectivity index (χ2v) is 11.5. The second-order valence-electron chi connectivity index (χ2n) is 8.07. The number of hydrogen-bond donors (Lipinski definition) is 1. The Hall–Kier alpha value is -2.83. The van der Waals surface area contributed by atoms with Crippen LogP contribution in [-0.2, 0) is 28.2 Å². The molecule has 4 heterocycles. The summed E-state index contributed by atoms with van der Waals surface area (Å²) in [4.78, 5) is 14.2. The fourth-order valence-electron chi connectivity index (χ4n) is 3.76. The summed E-state index contributed by atoms with van der Waals surface area (Å²) in [6, 6.07) is 13.3. The van der Waals surface area contributed by atoms with Gasteiger partial charge in [-0.2, -0.15) is 4.31 Å². The van der Waals surface area contributed by atoms with Crippen LogP contribution in [0.3, 0.4) is 0 Å². The predicted molar refractivity (Wildman–Crippen MR) is 135 cm³/mol. The van der Waals surface area contributed by atoms with E-state index < -0.39 is 16.1 Å². The number of pyridine rings is 1. The summed E-state index contributed by atoms with van der Waals surface area (Å²) in [5, 5.41) is 4.71. The molecule has 0 amide bonds. The Kier molecular flexibility index (Phi) is 6.85. The molecule has 1 N–H and O–H groups in total. The SMILES string of the molecule is Cn1cnc(S(=O)(=O)N2CCOC(c3cccc(Nc4ncc(Cc5ccccc5Cl)s4)n3)C2)c1. The van der Waals surface area contributed by atoms with Crippen molar-refractivity contribution in [1.82, 2.24) is 23.8 Å². The monoisotopic (exact) mass is 530 g/mol. The largest absolute Gasteiger partial charge is 0.369 e. The van der Waals surface area contributed by atoms with Crippen molar-refractivity contribution < 1.29 is 13.2 Å². The molecule has 1 aromatic carbocycles. The highest BCUT2D eigenvalue weighted by Crippen LogP contribution is 2.28. The lowest BCUT2D eigenvalue weighted by molar-refractivity contribution is -0.00492. The first-order chi connectivity index (χ1) is 16.9. The molecule has 1 unspecified atom stereocenters. The maximum atomic E-state index is 13.0. The Morgan fingerprint density at radius 3 is 2.86 bits per heavy atom. The van der Waals surface area contributed by atoms with E-state index in [1.54, 1.807) is 11.6 Å². The van der Waals surface area contributed by atoms with Crippen LogP contribution in [-0.4, -0.2) is 51.9 Å². The van der Waals surface area contributed by atoms with Gasteiger partial charge in [0.2, 0.25) is 0 Å². The number of ether oxygens (including phenoxy) is 1. The number of aryl methyl sites for hydroxylation is 1.